The Bertz CT molecular complexity index is 865. The summed E-state index contributed by atoms with van der Waals surface area (Å²) in [7, 11) is 0. The lowest BCUT2D eigenvalue weighted by molar-refractivity contribution is -0.121. The highest BCUT2D eigenvalue weighted by Crippen LogP contribution is 2.23. The first-order chi connectivity index (χ1) is 13.3. The van der Waals surface area contributed by atoms with Crippen molar-refractivity contribution in [2.75, 3.05) is 18.4 Å². The molecule has 1 amide bonds. The topological polar surface area (TPSA) is 58.1 Å². The third kappa shape index (κ3) is 4.59. The van der Waals surface area contributed by atoms with E-state index in [0.29, 0.717) is 0 Å². The molecule has 6 heteroatoms. The fourth-order valence-electron chi connectivity index (χ4n) is 3.51. The molecule has 0 spiro atoms. The zero-order valence-corrected chi connectivity index (χ0v) is 15.9. The van der Waals surface area contributed by atoms with E-state index in [-0.39, 0.29) is 11.8 Å². The average molecular weight is 379 g/mol. The lowest BCUT2D eigenvalue weighted by Crippen LogP contribution is -2.40. The Labute approximate surface area is 163 Å². The number of carbonyl (C=O) groups excluding carboxylic acids is 1. The highest BCUT2D eigenvalue weighted by molar-refractivity contribution is 7.03. The number of aromatic nitrogens is 2. The molecule has 2 heterocycles. The molecule has 1 saturated heterocycles. The van der Waals surface area contributed by atoms with Crippen molar-refractivity contribution in [1.29, 1.82) is 0 Å². The van der Waals surface area contributed by atoms with Gasteiger partial charge in [0.2, 0.25) is 5.91 Å². The number of piperidine rings is 1. The van der Waals surface area contributed by atoms with Crippen LogP contribution in [-0.2, 0) is 11.3 Å². The van der Waals surface area contributed by atoms with E-state index in [2.05, 4.69) is 44.1 Å². The molecule has 1 aliphatic rings. The monoisotopic (exact) mass is 378 g/mol. The van der Waals surface area contributed by atoms with Crippen LogP contribution in [-0.4, -0.2) is 33.5 Å². The number of hydrogen-bond donors (Lipinski definition) is 1. The molecule has 0 bridgehead atoms. The average Bonchev–Trinajstić information content (AvgIpc) is 3.24. The van der Waals surface area contributed by atoms with Gasteiger partial charge < -0.3 is 5.32 Å². The van der Waals surface area contributed by atoms with Gasteiger partial charge in [0.05, 0.1) is 5.92 Å². The van der Waals surface area contributed by atoms with Crippen molar-refractivity contribution >= 4 is 23.1 Å². The van der Waals surface area contributed by atoms with Gasteiger partial charge in [-0.05, 0) is 48.6 Å². The van der Waals surface area contributed by atoms with Crippen molar-refractivity contribution in [3.05, 3.63) is 65.5 Å². The van der Waals surface area contributed by atoms with E-state index in [4.69, 9.17) is 0 Å². The molecular weight excluding hydrogens is 356 g/mol. The molecule has 1 aromatic heterocycles. The fraction of sp³-hybridized carbons (Fsp3) is 0.286. The number of rotatable bonds is 5. The highest BCUT2D eigenvalue weighted by Gasteiger charge is 2.25. The zero-order chi connectivity index (χ0) is 18.5. The van der Waals surface area contributed by atoms with Crippen LogP contribution in [0, 0.1) is 5.92 Å². The van der Waals surface area contributed by atoms with Crippen LogP contribution >= 0.6 is 11.5 Å². The summed E-state index contributed by atoms with van der Waals surface area (Å²) >= 11 is 1.33. The predicted molar refractivity (Wildman–Crippen MR) is 108 cm³/mol. The predicted octanol–water partition coefficient (Wildman–Crippen LogP) is 4.06. The summed E-state index contributed by atoms with van der Waals surface area (Å²) in [6.45, 7) is 2.76. The molecule has 0 radical (unpaired) electrons. The molecule has 5 nitrogen and oxygen atoms in total. The van der Waals surface area contributed by atoms with Crippen LogP contribution in [0.2, 0.25) is 0 Å². The van der Waals surface area contributed by atoms with Gasteiger partial charge in [0.15, 0.2) is 0 Å². The van der Waals surface area contributed by atoms with E-state index in [1.165, 1.54) is 17.1 Å². The third-order valence-corrected chi connectivity index (χ3v) is 5.44. The molecule has 138 valence electrons. The second-order valence-corrected chi connectivity index (χ2v) is 7.53. The Morgan fingerprint density at radius 3 is 2.70 bits per heavy atom. The number of likely N-dealkylation sites (tertiary alicyclic amines) is 1. The SMILES string of the molecule is O=C(Nc1ccc(-c2csnn2)cc1)C1CCCN(Cc2ccccc2)C1. The molecule has 1 atom stereocenters. The van der Waals surface area contributed by atoms with E-state index in [9.17, 15) is 4.79 Å². The summed E-state index contributed by atoms with van der Waals surface area (Å²) in [5, 5.41) is 9.05. The van der Waals surface area contributed by atoms with Gasteiger partial charge in [-0.1, -0.05) is 47.0 Å². The first kappa shape index (κ1) is 17.8. The van der Waals surface area contributed by atoms with E-state index < -0.39 is 0 Å². The lowest BCUT2D eigenvalue weighted by Gasteiger charge is -2.32. The molecule has 4 rings (SSSR count). The third-order valence-electron chi connectivity index (χ3n) is 4.93. The van der Waals surface area contributed by atoms with Crippen molar-refractivity contribution in [3.63, 3.8) is 0 Å². The maximum Gasteiger partial charge on any atom is 0.228 e. The van der Waals surface area contributed by atoms with Crippen LogP contribution in [0.1, 0.15) is 18.4 Å². The summed E-state index contributed by atoms with van der Waals surface area (Å²) in [5.74, 6) is 0.140. The van der Waals surface area contributed by atoms with Crippen LogP contribution < -0.4 is 5.32 Å². The van der Waals surface area contributed by atoms with Crippen LogP contribution in [0.25, 0.3) is 11.3 Å². The standard InChI is InChI=1S/C21H22N4OS/c26-21(22-19-10-8-17(9-11-19)20-15-27-24-23-20)18-7-4-12-25(14-18)13-16-5-2-1-3-6-16/h1-3,5-6,8-11,15,18H,4,7,12-14H2,(H,22,26). The summed E-state index contributed by atoms with van der Waals surface area (Å²) < 4.78 is 3.88. The van der Waals surface area contributed by atoms with E-state index >= 15 is 0 Å². The van der Waals surface area contributed by atoms with Crippen molar-refractivity contribution in [2.45, 2.75) is 19.4 Å². The Hall–Kier alpha value is -2.57. The quantitative estimate of drug-likeness (QED) is 0.727. The first-order valence-corrected chi connectivity index (χ1v) is 10.1. The number of nitrogens with one attached hydrogen (secondary N) is 1. The maximum absolute atomic E-state index is 12.7. The number of benzene rings is 2. The summed E-state index contributed by atoms with van der Waals surface area (Å²) in [6.07, 6.45) is 2.00. The van der Waals surface area contributed by atoms with Crippen molar-refractivity contribution in [1.82, 2.24) is 14.5 Å². The summed E-state index contributed by atoms with van der Waals surface area (Å²) in [4.78, 5) is 15.1. The summed E-state index contributed by atoms with van der Waals surface area (Å²) in [6, 6.07) is 18.2. The number of carbonyl (C=O) groups is 1. The highest BCUT2D eigenvalue weighted by atomic mass is 32.1. The molecule has 2 aromatic carbocycles. The Morgan fingerprint density at radius 1 is 1.15 bits per heavy atom. The largest absolute Gasteiger partial charge is 0.326 e. The molecule has 1 unspecified atom stereocenters. The molecular formula is C21H22N4OS. The minimum Gasteiger partial charge on any atom is -0.326 e. The molecule has 0 aliphatic carbocycles. The number of hydrogen-bond acceptors (Lipinski definition) is 5. The zero-order valence-electron chi connectivity index (χ0n) is 15.0. The van der Waals surface area contributed by atoms with E-state index in [1.54, 1.807) is 0 Å². The van der Waals surface area contributed by atoms with E-state index in [0.717, 1.165) is 49.4 Å². The normalized spacial score (nSPS) is 17.6. The van der Waals surface area contributed by atoms with Gasteiger partial charge >= 0.3 is 0 Å². The second kappa shape index (κ2) is 8.41. The van der Waals surface area contributed by atoms with Crippen LogP contribution in [0.5, 0.6) is 0 Å². The van der Waals surface area contributed by atoms with Crippen LogP contribution in [0.4, 0.5) is 5.69 Å². The minimum absolute atomic E-state index is 0.0323. The number of amides is 1. The molecule has 0 saturated carbocycles. The van der Waals surface area contributed by atoms with Gasteiger partial charge in [-0.2, -0.15) is 0 Å². The van der Waals surface area contributed by atoms with Gasteiger partial charge in [0, 0.05) is 29.7 Å². The maximum atomic E-state index is 12.7. The van der Waals surface area contributed by atoms with Gasteiger partial charge in [-0.3, -0.25) is 9.69 Å². The first-order valence-electron chi connectivity index (χ1n) is 9.22. The fourth-order valence-corrected chi connectivity index (χ4v) is 3.98. The number of anilines is 1. The van der Waals surface area contributed by atoms with Gasteiger partial charge in [0.1, 0.15) is 5.69 Å². The molecule has 3 aromatic rings. The second-order valence-electron chi connectivity index (χ2n) is 6.92. The lowest BCUT2D eigenvalue weighted by atomic mass is 9.96. The van der Waals surface area contributed by atoms with Crippen molar-refractivity contribution < 1.29 is 4.79 Å². The molecule has 1 N–H and O–H groups in total. The van der Waals surface area contributed by atoms with E-state index in [1.807, 2.05) is 35.7 Å². The van der Waals surface area contributed by atoms with Gasteiger partial charge in [-0.15, -0.1) is 5.10 Å². The van der Waals surface area contributed by atoms with Crippen molar-refractivity contribution in [3.8, 4) is 11.3 Å². The van der Waals surface area contributed by atoms with Crippen molar-refractivity contribution in [2.24, 2.45) is 5.92 Å². The Morgan fingerprint density at radius 2 is 1.96 bits per heavy atom. The molecule has 1 aliphatic heterocycles. The van der Waals surface area contributed by atoms with Crippen LogP contribution in [0.15, 0.2) is 60.0 Å². The van der Waals surface area contributed by atoms with Gasteiger partial charge in [-0.25, -0.2) is 0 Å². The minimum atomic E-state index is 0.0323. The van der Waals surface area contributed by atoms with Gasteiger partial charge in [0.25, 0.3) is 0 Å². The molecule has 1 fully saturated rings. The Balaban J connectivity index is 1.35. The number of nitrogens with zero attached hydrogens (tertiary/aromatic N) is 3. The summed E-state index contributed by atoms with van der Waals surface area (Å²) in [5.41, 5.74) is 3.99. The molecule has 27 heavy (non-hydrogen) atoms. The Kier molecular flexibility index (Phi) is 5.55. The van der Waals surface area contributed by atoms with Crippen LogP contribution in [0.3, 0.4) is 0 Å². The smallest absolute Gasteiger partial charge is 0.228 e.